The van der Waals surface area contributed by atoms with Gasteiger partial charge in [-0.2, -0.15) is 11.8 Å². The summed E-state index contributed by atoms with van der Waals surface area (Å²) in [5.74, 6) is 3.65. The highest BCUT2D eigenvalue weighted by atomic mass is 32.2. The van der Waals surface area contributed by atoms with Crippen LogP contribution in [0.15, 0.2) is 12.1 Å². The first-order valence-corrected chi connectivity index (χ1v) is 8.79. The summed E-state index contributed by atoms with van der Waals surface area (Å²) in [6.07, 6.45) is 2.27. The normalized spacial score (nSPS) is 18.8. The van der Waals surface area contributed by atoms with Crippen LogP contribution >= 0.6 is 11.8 Å². The molecule has 3 nitrogen and oxygen atoms in total. The zero-order valence-corrected chi connectivity index (χ0v) is 14.0. The Kier molecular flexibility index (Phi) is 5.73. The van der Waals surface area contributed by atoms with Crippen LogP contribution in [0.4, 0.5) is 5.82 Å². The minimum atomic E-state index is 0.514. The largest absolute Gasteiger partial charge is 0.356 e. The molecule has 0 spiro atoms. The van der Waals surface area contributed by atoms with Crippen LogP contribution in [0.5, 0.6) is 0 Å². The summed E-state index contributed by atoms with van der Waals surface area (Å²) in [5, 5.41) is 3.50. The molecule has 2 rings (SSSR count). The maximum absolute atomic E-state index is 4.81. The fraction of sp³-hybridized carbons (Fsp3) is 0.688. The van der Waals surface area contributed by atoms with Crippen LogP contribution in [0.2, 0.25) is 0 Å². The van der Waals surface area contributed by atoms with Crippen molar-refractivity contribution in [3.8, 4) is 0 Å². The topological polar surface area (TPSA) is 28.2 Å². The number of hydrogen-bond donors (Lipinski definition) is 1. The molecule has 0 radical (unpaired) electrons. The van der Waals surface area contributed by atoms with E-state index in [1.54, 1.807) is 0 Å². The molecule has 2 heterocycles. The Morgan fingerprint density at radius 2 is 2.25 bits per heavy atom. The zero-order chi connectivity index (χ0) is 14.5. The lowest BCUT2D eigenvalue weighted by molar-refractivity contribution is 0.587. The standard InChI is InChI=1S/C16H27N3S/c1-5-14-8-13(10-17-12(2)3)9-16(18-14)19(4)15-6-7-20-11-15/h8-9,12,15,17H,5-7,10-11H2,1-4H3. The number of rotatable bonds is 6. The van der Waals surface area contributed by atoms with Crippen LogP contribution in [0, 0.1) is 0 Å². The van der Waals surface area contributed by atoms with Gasteiger partial charge in [0, 0.05) is 37.1 Å². The molecule has 4 heteroatoms. The maximum atomic E-state index is 4.81. The highest BCUT2D eigenvalue weighted by molar-refractivity contribution is 7.99. The minimum Gasteiger partial charge on any atom is -0.356 e. The first kappa shape index (κ1) is 15.6. The lowest BCUT2D eigenvalue weighted by atomic mass is 10.1. The molecule has 1 N–H and O–H groups in total. The van der Waals surface area contributed by atoms with Crippen molar-refractivity contribution in [1.29, 1.82) is 0 Å². The summed E-state index contributed by atoms with van der Waals surface area (Å²) in [7, 11) is 2.19. The van der Waals surface area contributed by atoms with Crippen LogP contribution in [0.1, 0.15) is 38.4 Å². The van der Waals surface area contributed by atoms with Crippen molar-refractivity contribution in [2.24, 2.45) is 0 Å². The second-order valence-electron chi connectivity index (χ2n) is 5.84. The van der Waals surface area contributed by atoms with Gasteiger partial charge in [-0.1, -0.05) is 20.8 Å². The van der Waals surface area contributed by atoms with Crippen molar-refractivity contribution in [3.63, 3.8) is 0 Å². The first-order chi connectivity index (χ1) is 9.60. The number of anilines is 1. The van der Waals surface area contributed by atoms with Crippen LogP contribution in [0.3, 0.4) is 0 Å². The molecule has 1 aromatic rings. The quantitative estimate of drug-likeness (QED) is 0.872. The second-order valence-corrected chi connectivity index (χ2v) is 6.99. The lowest BCUT2D eigenvalue weighted by Gasteiger charge is -2.26. The third-order valence-corrected chi connectivity index (χ3v) is 4.96. The van der Waals surface area contributed by atoms with Gasteiger partial charge in [0.05, 0.1) is 0 Å². The summed E-state index contributed by atoms with van der Waals surface area (Å²) in [4.78, 5) is 7.19. The number of aromatic nitrogens is 1. The third-order valence-electron chi connectivity index (χ3n) is 3.82. The summed E-state index contributed by atoms with van der Waals surface area (Å²) >= 11 is 2.05. The Balaban J connectivity index is 2.15. The van der Waals surface area contributed by atoms with Gasteiger partial charge in [-0.3, -0.25) is 0 Å². The van der Waals surface area contributed by atoms with Crippen molar-refractivity contribution in [1.82, 2.24) is 10.3 Å². The average Bonchev–Trinajstić information content (AvgIpc) is 2.98. The van der Waals surface area contributed by atoms with Crippen molar-refractivity contribution < 1.29 is 0 Å². The predicted octanol–water partition coefficient (Wildman–Crippen LogP) is 3.08. The van der Waals surface area contributed by atoms with E-state index in [1.807, 2.05) is 0 Å². The van der Waals surface area contributed by atoms with E-state index in [4.69, 9.17) is 4.98 Å². The third kappa shape index (κ3) is 4.13. The molecule has 0 bridgehead atoms. The molecule has 112 valence electrons. The van der Waals surface area contributed by atoms with Crippen LogP contribution in [-0.2, 0) is 13.0 Å². The molecule has 1 fully saturated rings. The summed E-state index contributed by atoms with van der Waals surface area (Å²) in [6.45, 7) is 7.47. The fourth-order valence-electron chi connectivity index (χ4n) is 2.43. The monoisotopic (exact) mass is 293 g/mol. The van der Waals surface area contributed by atoms with Gasteiger partial charge in [-0.25, -0.2) is 4.98 Å². The Morgan fingerprint density at radius 1 is 1.45 bits per heavy atom. The van der Waals surface area contributed by atoms with E-state index < -0.39 is 0 Å². The van der Waals surface area contributed by atoms with Crippen molar-refractivity contribution in [2.75, 3.05) is 23.5 Å². The molecule has 20 heavy (non-hydrogen) atoms. The molecular formula is C16H27N3S. The SMILES string of the molecule is CCc1cc(CNC(C)C)cc(N(C)C2CCSC2)n1. The van der Waals surface area contributed by atoms with Crippen molar-refractivity contribution >= 4 is 17.6 Å². The smallest absolute Gasteiger partial charge is 0.129 e. The van der Waals surface area contributed by atoms with Gasteiger partial charge in [-0.15, -0.1) is 0 Å². The molecule has 0 saturated carbocycles. The minimum absolute atomic E-state index is 0.514. The molecule has 0 aliphatic carbocycles. The highest BCUT2D eigenvalue weighted by Crippen LogP contribution is 2.25. The fourth-order valence-corrected chi connectivity index (χ4v) is 3.70. The lowest BCUT2D eigenvalue weighted by Crippen LogP contribution is -2.32. The number of nitrogens with one attached hydrogen (secondary N) is 1. The van der Waals surface area contributed by atoms with Gasteiger partial charge in [0.15, 0.2) is 0 Å². The van der Waals surface area contributed by atoms with Gasteiger partial charge in [0.2, 0.25) is 0 Å². The highest BCUT2D eigenvalue weighted by Gasteiger charge is 2.21. The van der Waals surface area contributed by atoms with Gasteiger partial charge >= 0.3 is 0 Å². The van der Waals surface area contributed by atoms with Gasteiger partial charge < -0.3 is 10.2 Å². The number of thioether (sulfide) groups is 1. The Morgan fingerprint density at radius 3 is 2.85 bits per heavy atom. The van der Waals surface area contributed by atoms with Gasteiger partial charge in [-0.05, 0) is 36.3 Å². The van der Waals surface area contributed by atoms with E-state index in [2.05, 4.69) is 61.9 Å². The molecule has 1 unspecified atom stereocenters. The number of nitrogens with zero attached hydrogens (tertiary/aromatic N) is 2. The van der Waals surface area contributed by atoms with E-state index >= 15 is 0 Å². The summed E-state index contributed by atoms with van der Waals surface area (Å²) in [5.41, 5.74) is 2.54. The second kappa shape index (κ2) is 7.32. The first-order valence-electron chi connectivity index (χ1n) is 7.64. The van der Waals surface area contributed by atoms with Crippen molar-refractivity contribution in [3.05, 3.63) is 23.4 Å². The van der Waals surface area contributed by atoms with Crippen LogP contribution < -0.4 is 10.2 Å². The molecule has 1 aliphatic rings. The van der Waals surface area contributed by atoms with E-state index in [-0.39, 0.29) is 0 Å². The van der Waals surface area contributed by atoms with Crippen molar-refractivity contribution in [2.45, 2.75) is 52.2 Å². The maximum Gasteiger partial charge on any atom is 0.129 e. The van der Waals surface area contributed by atoms with E-state index in [0.717, 1.165) is 18.8 Å². The number of pyridine rings is 1. The number of aryl methyl sites for hydroxylation is 1. The van der Waals surface area contributed by atoms with E-state index in [9.17, 15) is 0 Å². The molecule has 1 aromatic heterocycles. The van der Waals surface area contributed by atoms with Crippen LogP contribution in [-0.4, -0.2) is 35.6 Å². The summed E-state index contributed by atoms with van der Waals surface area (Å²) < 4.78 is 0. The molecule has 0 aromatic carbocycles. The molecule has 1 atom stereocenters. The predicted molar refractivity (Wildman–Crippen MR) is 89.7 cm³/mol. The molecule has 1 aliphatic heterocycles. The Hall–Kier alpha value is -0.740. The molecule has 1 saturated heterocycles. The Bertz CT molecular complexity index is 428. The van der Waals surface area contributed by atoms with E-state index in [0.29, 0.717) is 12.1 Å². The van der Waals surface area contributed by atoms with Crippen LogP contribution in [0.25, 0.3) is 0 Å². The zero-order valence-electron chi connectivity index (χ0n) is 13.1. The molecular weight excluding hydrogens is 266 g/mol. The number of hydrogen-bond acceptors (Lipinski definition) is 4. The average molecular weight is 293 g/mol. The molecule has 0 amide bonds. The Labute approximate surface area is 127 Å². The van der Waals surface area contributed by atoms with Gasteiger partial charge in [0.25, 0.3) is 0 Å². The van der Waals surface area contributed by atoms with Gasteiger partial charge in [0.1, 0.15) is 5.82 Å². The van der Waals surface area contributed by atoms with E-state index in [1.165, 1.54) is 29.2 Å². The summed E-state index contributed by atoms with van der Waals surface area (Å²) in [6, 6.07) is 5.64.